The summed E-state index contributed by atoms with van der Waals surface area (Å²) in [4.78, 5) is 6.47. The normalized spacial score (nSPS) is 21.2. The van der Waals surface area contributed by atoms with Crippen molar-refractivity contribution in [1.29, 1.82) is 0 Å². The molecule has 0 unspecified atom stereocenters. The summed E-state index contributed by atoms with van der Waals surface area (Å²) in [5.74, 6) is -3.45. The second-order valence-corrected chi connectivity index (χ2v) is 9.85. The van der Waals surface area contributed by atoms with Crippen LogP contribution in [0.3, 0.4) is 0 Å². The number of ether oxygens (including phenoxy) is 2. The highest BCUT2D eigenvalue weighted by Gasteiger charge is 2.36. The number of likely N-dealkylation sites (tertiary alicyclic amines) is 1. The number of alkyl halides is 3. The van der Waals surface area contributed by atoms with E-state index in [0.717, 1.165) is 11.6 Å². The van der Waals surface area contributed by atoms with Gasteiger partial charge in [-0.3, -0.25) is 4.90 Å². The fraction of sp³-hybridized carbons (Fsp3) is 0.500. The largest absolute Gasteiger partial charge is 0.479 e. The summed E-state index contributed by atoms with van der Waals surface area (Å²) in [5, 5.41) is 15.1. The number of halogens is 4. The van der Waals surface area contributed by atoms with Gasteiger partial charge in [-0.05, 0) is 24.1 Å². The van der Waals surface area contributed by atoms with E-state index in [9.17, 15) is 13.2 Å². The quantitative estimate of drug-likeness (QED) is 0.362. The van der Waals surface area contributed by atoms with Crippen LogP contribution in [0.2, 0.25) is 0 Å². The van der Waals surface area contributed by atoms with Gasteiger partial charge in [0.2, 0.25) is 11.8 Å². The molecular weight excluding hydrogens is 508 g/mol. The first-order valence-corrected chi connectivity index (χ1v) is 12.3. The Bertz CT molecular complexity index is 1480. The molecule has 2 atom stereocenters. The molecule has 3 aromatic heterocycles. The SMILES string of the molecule is COc1nc(N[C@@H]2CCN(C3COC3)C[C@@H]2F)nn2cc(F)c(-c3ccc4nnn(CC(C)(F)F)c4c3)c12. The van der Waals surface area contributed by atoms with Crippen LogP contribution in [-0.2, 0) is 11.3 Å². The Hall–Kier alpha value is -3.52. The maximum Gasteiger partial charge on any atom is 0.264 e. The maximum atomic E-state index is 15.3. The van der Waals surface area contributed by atoms with Crippen LogP contribution in [0, 0.1) is 5.82 Å². The predicted octanol–water partition coefficient (Wildman–Crippen LogP) is 3.17. The highest BCUT2D eigenvalue weighted by atomic mass is 19.3. The summed E-state index contributed by atoms with van der Waals surface area (Å²) >= 11 is 0. The molecule has 5 heterocycles. The molecule has 2 aliphatic heterocycles. The average Bonchev–Trinajstić information content (AvgIpc) is 3.37. The minimum atomic E-state index is -3.01. The lowest BCUT2D eigenvalue weighted by atomic mass is 10.0. The van der Waals surface area contributed by atoms with Crippen molar-refractivity contribution in [3.8, 4) is 17.0 Å². The molecule has 0 saturated carbocycles. The second-order valence-electron chi connectivity index (χ2n) is 9.85. The molecule has 1 N–H and O–H groups in total. The van der Waals surface area contributed by atoms with E-state index in [1.165, 1.54) is 17.8 Å². The molecule has 10 nitrogen and oxygen atoms in total. The zero-order chi connectivity index (χ0) is 26.6. The van der Waals surface area contributed by atoms with Gasteiger partial charge >= 0.3 is 0 Å². The van der Waals surface area contributed by atoms with E-state index in [0.29, 0.717) is 42.8 Å². The number of rotatable bonds is 7. The molecule has 0 bridgehead atoms. The molecule has 4 aromatic rings. The molecule has 6 rings (SSSR count). The number of fused-ring (bicyclic) bond motifs is 2. The molecule has 0 spiro atoms. The number of hydrogen-bond donors (Lipinski definition) is 1. The summed E-state index contributed by atoms with van der Waals surface area (Å²) in [6, 6.07) is 4.48. The van der Waals surface area contributed by atoms with Gasteiger partial charge in [-0.15, -0.1) is 10.2 Å². The molecule has 202 valence electrons. The van der Waals surface area contributed by atoms with E-state index in [4.69, 9.17) is 9.47 Å². The summed E-state index contributed by atoms with van der Waals surface area (Å²) in [6.45, 7) is 2.37. The summed E-state index contributed by atoms with van der Waals surface area (Å²) < 4.78 is 70.6. The topological polar surface area (TPSA) is 94.6 Å². The van der Waals surface area contributed by atoms with Gasteiger partial charge in [-0.2, -0.15) is 4.98 Å². The van der Waals surface area contributed by atoms with Crippen LogP contribution in [0.25, 0.3) is 27.7 Å². The third kappa shape index (κ3) is 4.51. The summed E-state index contributed by atoms with van der Waals surface area (Å²) in [5.41, 5.74) is 1.49. The van der Waals surface area contributed by atoms with Gasteiger partial charge in [-0.25, -0.2) is 26.8 Å². The molecule has 38 heavy (non-hydrogen) atoms. The number of aromatic nitrogens is 6. The number of piperidine rings is 1. The monoisotopic (exact) mass is 534 g/mol. The lowest BCUT2D eigenvalue weighted by Crippen LogP contribution is -2.57. The second kappa shape index (κ2) is 9.34. The minimum Gasteiger partial charge on any atom is -0.479 e. The third-order valence-corrected chi connectivity index (χ3v) is 7.00. The Balaban J connectivity index is 1.32. The van der Waals surface area contributed by atoms with Crippen molar-refractivity contribution in [2.45, 2.75) is 44.1 Å². The Morgan fingerprint density at radius 3 is 2.76 bits per heavy atom. The molecule has 2 fully saturated rings. The number of nitrogens with one attached hydrogen (secondary N) is 1. The zero-order valence-corrected chi connectivity index (χ0v) is 20.7. The van der Waals surface area contributed by atoms with Crippen LogP contribution in [0.4, 0.5) is 23.5 Å². The number of methoxy groups -OCH3 is 1. The van der Waals surface area contributed by atoms with Crippen LogP contribution in [0.15, 0.2) is 24.4 Å². The summed E-state index contributed by atoms with van der Waals surface area (Å²) in [6.07, 6.45) is 0.574. The lowest BCUT2D eigenvalue weighted by Gasteiger charge is -2.42. The molecule has 14 heteroatoms. The third-order valence-electron chi connectivity index (χ3n) is 7.00. The highest BCUT2D eigenvalue weighted by molar-refractivity contribution is 5.89. The van der Waals surface area contributed by atoms with Crippen LogP contribution in [0.5, 0.6) is 5.88 Å². The number of hydrogen-bond acceptors (Lipinski definition) is 8. The number of anilines is 1. The van der Waals surface area contributed by atoms with Gasteiger partial charge in [-0.1, -0.05) is 11.3 Å². The van der Waals surface area contributed by atoms with Gasteiger partial charge < -0.3 is 14.8 Å². The molecular formula is C24H26F4N8O2. The van der Waals surface area contributed by atoms with Crippen LogP contribution < -0.4 is 10.1 Å². The van der Waals surface area contributed by atoms with Gasteiger partial charge in [0.15, 0.2) is 5.82 Å². The average molecular weight is 535 g/mol. The maximum absolute atomic E-state index is 15.3. The molecule has 0 radical (unpaired) electrons. The minimum absolute atomic E-state index is 0.0766. The fourth-order valence-corrected chi connectivity index (χ4v) is 5.02. The smallest absolute Gasteiger partial charge is 0.264 e. The van der Waals surface area contributed by atoms with Crippen LogP contribution >= 0.6 is 0 Å². The van der Waals surface area contributed by atoms with E-state index < -0.39 is 30.5 Å². The van der Waals surface area contributed by atoms with E-state index in [-0.39, 0.29) is 35.5 Å². The molecule has 0 aliphatic carbocycles. The van der Waals surface area contributed by atoms with Gasteiger partial charge in [0.25, 0.3) is 5.92 Å². The number of benzene rings is 1. The molecule has 2 aliphatic rings. The van der Waals surface area contributed by atoms with Gasteiger partial charge in [0.05, 0.1) is 49.7 Å². The van der Waals surface area contributed by atoms with Crippen molar-refractivity contribution in [2.75, 3.05) is 38.7 Å². The predicted molar refractivity (Wildman–Crippen MR) is 130 cm³/mol. The van der Waals surface area contributed by atoms with Gasteiger partial charge in [0, 0.05) is 20.0 Å². The van der Waals surface area contributed by atoms with Crippen molar-refractivity contribution < 1.29 is 27.0 Å². The first-order chi connectivity index (χ1) is 18.2. The van der Waals surface area contributed by atoms with E-state index in [1.807, 2.05) is 0 Å². The van der Waals surface area contributed by atoms with Gasteiger partial charge in [0.1, 0.15) is 23.7 Å². The Morgan fingerprint density at radius 1 is 1.26 bits per heavy atom. The lowest BCUT2D eigenvalue weighted by molar-refractivity contribution is -0.0794. The summed E-state index contributed by atoms with van der Waals surface area (Å²) in [7, 11) is 1.39. The Morgan fingerprint density at radius 2 is 2.08 bits per heavy atom. The highest BCUT2D eigenvalue weighted by Crippen LogP contribution is 2.36. The van der Waals surface area contributed by atoms with E-state index >= 15 is 4.39 Å². The first-order valence-electron chi connectivity index (χ1n) is 12.3. The number of nitrogens with zero attached hydrogens (tertiary/aromatic N) is 7. The van der Waals surface area contributed by atoms with Crippen molar-refractivity contribution in [2.24, 2.45) is 0 Å². The fourth-order valence-electron chi connectivity index (χ4n) is 5.02. The molecule has 1 aromatic carbocycles. The Labute approximate surface area is 214 Å². The van der Waals surface area contributed by atoms with Crippen molar-refractivity contribution in [3.63, 3.8) is 0 Å². The molecule has 0 amide bonds. The van der Waals surface area contributed by atoms with Crippen molar-refractivity contribution >= 4 is 22.5 Å². The van der Waals surface area contributed by atoms with Crippen LogP contribution in [0.1, 0.15) is 13.3 Å². The van der Waals surface area contributed by atoms with Crippen molar-refractivity contribution in [1.82, 2.24) is 34.5 Å². The zero-order valence-electron chi connectivity index (χ0n) is 20.7. The van der Waals surface area contributed by atoms with E-state index in [2.05, 4.69) is 30.6 Å². The van der Waals surface area contributed by atoms with Crippen LogP contribution in [-0.4, -0.2) is 92.1 Å². The first kappa shape index (κ1) is 24.8. The molecule has 2 saturated heterocycles. The Kier molecular flexibility index (Phi) is 6.10. The van der Waals surface area contributed by atoms with E-state index in [1.54, 1.807) is 18.2 Å². The van der Waals surface area contributed by atoms with Crippen molar-refractivity contribution in [3.05, 3.63) is 30.2 Å². The standard InChI is InChI=1S/C24H26F4N8O2/c1-24(27,28)12-36-19-7-13(3-4-18(19)31-33-36)20-16(26)9-35-21(20)22(37-2)30-23(32-35)29-17-5-6-34(8-15(17)25)14-10-38-11-14/h3-4,7,9,14-15,17H,5-6,8,10-12H2,1-2H3,(H,29,32)/t15-,17+/m0/s1.